The molecule has 1 rings (SSSR count). The van der Waals surface area contributed by atoms with Crippen molar-refractivity contribution < 1.29 is 4.79 Å². The Labute approximate surface area is 118 Å². The normalized spacial score (nSPS) is 9.47. The number of thiocarbonyl (C=S) groups is 1. The number of nitrogens with zero attached hydrogens (tertiary/aromatic N) is 1. The van der Waals surface area contributed by atoms with Crippen LogP contribution in [0.4, 0.5) is 5.69 Å². The molecule has 0 fully saturated rings. The molecule has 0 aliphatic rings. The molecule has 1 aromatic carbocycles. The van der Waals surface area contributed by atoms with E-state index in [0.717, 1.165) is 19.3 Å². The topological polar surface area (TPSA) is 64.9 Å². The summed E-state index contributed by atoms with van der Waals surface area (Å²) in [5, 5.41) is 14.6. The van der Waals surface area contributed by atoms with Gasteiger partial charge in [-0.2, -0.15) is 5.26 Å². The van der Waals surface area contributed by atoms with Crippen LogP contribution in [0.5, 0.6) is 0 Å². The Morgan fingerprint density at radius 3 is 2.89 bits per heavy atom. The van der Waals surface area contributed by atoms with Crippen molar-refractivity contribution in [1.82, 2.24) is 5.32 Å². The molecule has 0 saturated carbocycles. The Balaban J connectivity index is 2.42. The molecule has 5 heteroatoms. The molecule has 0 aliphatic carbocycles. The highest BCUT2D eigenvalue weighted by Gasteiger charge is 2.04. The van der Waals surface area contributed by atoms with Crippen LogP contribution in [0.3, 0.4) is 0 Å². The Hall–Kier alpha value is -1.93. The number of carbonyl (C=O) groups excluding carboxylic acids is 1. The van der Waals surface area contributed by atoms with Crippen molar-refractivity contribution in [3.63, 3.8) is 0 Å². The highest BCUT2D eigenvalue weighted by atomic mass is 32.1. The van der Waals surface area contributed by atoms with E-state index in [-0.39, 0.29) is 11.0 Å². The van der Waals surface area contributed by atoms with Crippen LogP contribution < -0.4 is 10.6 Å². The smallest absolute Gasteiger partial charge is 0.226 e. The fraction of sp³-hybridized carbons (Fsp3) is 0.357. The van der Waals surface area contributed by atoms with E-state index in [1.54, 1.807) is 24.3 Å². The molecule has 0 bridgehead atoms. The van der Waals surface area contributed by atoms with Crippen molar-refractivity contribution in [1.29, 1.82) is 5.26 Å². The number of unbranched alkanes of at least 4 members (excludes halogenated alkanes) is 2. The summed E-state index contributed by atoms with van der Waals surface area (Å²) in [5.74, 6) is -0.0811. The summed E-state index contributed by atoms with van der Waals surface area (Å²) >= 11 is 5.04. The minimum absolute atomic E-state index is 0.0811. The summed E-state index contributed by atoms with van der Waals surface area (Å²) in [6.45, 7) is 2.09. The van der Waals surface area contributed by atoms with Crippen LogP contribution in [0, 0.1) is 11.3 Å². The number of carbonyl (C=O) groups is 1. The second-order valence-electron chi connectivity index (χ2n) is 4.15. The highest BCUT2D eigenvalue weighted by Crippen LogP contribution is 2.09. The fourth-order valence-electron chi connectivity index (χ4n) is 1.55. The molecule has 0 heterocycles. The van der Waals surface area contributed by atoms with Crippen LogP contribution in [0.1, 0.15) is 38.2 Å². The third-order valence-corrected chi connectivity index (χ3v) is 2.71. The summed E-state index contributed by atoms with van der Waals surface area (Å²) in [5.41, 5.74) is 1.24. The van der Waals surface area contributed by atoms with E-state index in [1.165, 1.54) is 0 Å². The van der Waals surface area contributed by atoms with Crippen molar-refractivity contribution in [3.05, 3.63) is 29.8 Å². The van der Waals surface area contributed by atoms with Gasteiger partial charge in [0.1, 0.15) is 0 Å². The SMILES string of the molecule is CCCCCC(=O)NC(=S)Nc1cccc(C#N)c1. The summed E-state index contributed by atoms with van der Waals surface area (Å²) in [4.78, 5) is 11.6. The van der Waals surface area contributed by atoms with Gasteiger partial charge in [-0.15, -0.1) is 0 Å². The lowest BCUT2D eigenvalue weighted by atomic mass is 10.2. The van der Waals surface area contributed by atoms with Gasteiger partial charge in [-0.1, -0.05) is 25.8 Å². The lowest BCUT2D eigenvalue weighted by Gasteiger charge is -2.09. The zero-order valence-electron chi connectivity index (χ0n) is 10.9. The van der Waals surface area contributed by atoms with Gasteiger partial charge in [0, 0.05) is 12.1 Å². The van der Waals surface area contributed by atoms with Gasteiger partial charge in [0.15, 0.2) is 5.11 Å². The van der Waals surface area contributed by atoms with Gasteiger partial charge >= 0.3 is 0 Å². The lowest BCUT2D eigenvalue weighted by molar-refractivity contribution is -0.119. The Morgan fingerprint density at radius 2 is 2.21 bits per heavy atom. The summed E-state index contributed by atoms with van der Waals surface area (Å²) < 4.78 is 0. The number of hydrogen-bond acceptors (Lipinski definition) is 3. The number of anilines is 1. The molecule has 0 saturated heterocycles. The van der Waals surface area contributed by atoms with Crippen LogP contribution in [-0.2, 0) is 4.79 Å². The molecule has 0 unspecified atom stereocenters. The number of rotatable bonds is 5. The van der Waals surface area contributed by atoms with Crippen molar-refractivity contribution in [2.24, 2.45) is 0 Å². The first-order valence-corrected chi connectivity index (χ1v) is 6.67. The summed E-state index contributed by atoms with van der Waals surface area (Å²) in [6, 6.07) is 8.97. The largest absolute Gasteiger partial charge is 0.332 e. The van der Waals surface area contributed by atoms with E-state index in [2.05, 4.69) is 17.6 Å². The summed E-state index contributed by atoms with van der Waals surface area (Å²) in [6.07, 6.45) is 3.47. The van der Waals surface area contributed by atoms with E-state index < -0.39 is 0 Å². The number of benzene rings is 1. The Bertz CT molecular complexity index is 494. The zero-order chi connectivity index (χ0) is 14.1. The maximum Gasteiger partial charge on any atom is 0.226 e. The average Bonchev–Trinajstić information content (AvgIpc) is 2.39. The van der Waals surface area contributed by atoms with Crippen LogP contribution >= 0.6 is 12.2 Å². The molecule has 0 spiro atoms. The van der Waals surface area contributed by atoms with Crippen molar-refractivity contribution in [3.8, 4) is 6.07 Å². The lowest BCUT2D eigenvalue weighted by Crippen LogP contribution is -2.33. The molecule has 0 atom stereocenters. The number of nitriles is 1. The zero-order valence-corrected chi connectivity index (χ0v) is 11.7. The summed E-state index contributed by atoms with van der Waals surface area (Å²) in [7, 11) is 0. The average molecular weight is 275 g/mol. The van der Waals surface area contributed by atoms with Crippen LogP contribution in [-0.4, -0.2) is 11.0 Å². The molecule has 1 aromatic rings. The van der Waals surface area contributed by atoms with E-state index in [9.17, 15) is 4.79 Å². The monoisotopic (exact) mass is 275 g/mol. The molecular formula is C14H17N3OS. The van der Waals surface area contributed by atoms with E-state index in [4.69, 9.17) is 17.5 Å². The van der Waals surface area contributed by atoms with Crippen LogP contribution in [0.2, 0.25) is 0 Å². The van der Waals surface area contributed by atoms with Crippen LogP contribution in [0.15, 0.2) is 24.3 Å². The minimum Gasteiger partial charge on any atom is -0.332 e. The molecule has 1 amide bonds. The fourth-order valence-corrected chi connectivity index (χ4v) is 1.79. The quantitative estimate of drug-likeness (QED) is 0.640. The first kappa shape index (κ1) is 15.1. The molecule has 0 radical (unpaired) electrons. The van der Waals surface area contributed by atoms with Gasteiger partial charge < -0.3 is 10.6 Å². The number of amides is 1. The molecule has 2 N–H and O–H groups in total. The van der Waals surface area contributed by atoms with Crippen molar-refractivity contribution in [2.45, 2.75) is 32.6 Å². The molecule has 100 valence electrons. The van der Waals surface area contributed by atoms with Gasteiger partial charge in [0.2, 0.25) is 5.91 Å². The second kappa shape index (κ2) is 8.22. The highest BCUT2D eigenvalue weighted by molar-refractivity contribution is 7.80. The van der Waals surface area contributed by atoms with Gasteiger partial charge in [-0.3, -0.25) is 4.79 Å². The van der Waals surface area contributed by atoms with Gasteiger partial charge in [-0.05, 0) is 36.8 Å². The van der Waals surface area contributed by atoms with E-state index in [1.807, 2.05) is 6.07 Å². The third-order valence-electron chi connectivity index (χ3n) is 2.51. The Morgan fingerprint density at radius 1 is 1.42 bits per heavy atom. The standard InChI is InChI=1S/C14H17N3OS/c1-2-3-4-8-13(18)17-14(19)16-12-7-5-6-11(9-12)10-15/h5-7,9H,2-4,8H2,1H3,(H2,16,17,18,19). The maximum absolute atomic E-state index is 11.6. The molecule has 0 aliphatic heterocycles. The van der Waals surface area contributed by atoms with E-state index in [0.29, 0.717) is 17.7 Å². The maximum atomic E-state index is 11.6. The first-order valence-electron chi connectivity index (χ1n) is 6.26. The minimum atomic E-state index is -0.0811. The second-order valence-corrected chi connectivity index (χ2v) is 4.56. The van der Waals surface area contributed by atoms with Gasteiger partial charge in [0.25, 0.3) is 0 Å². The predicted molar refractivity (Wildman–Crippen MR) is 79.7 cm³/mol. The molecule has 19 heavy (non-hydrogen) atoms. The first-order chi connectivity index (χ1) is 9.15. The van der Waals surface area contributed by atoms with Crippen molar-refractivity contribution in [2.75, 3.05) is 5.32 Å². The van der Waals surface area contributed by atoms with Crippen molar-refractivity contribution >= 4 is 28.9 Å². The number of hydrogen-bond donors (Lipinski definition) is 2. The molecule has 4 nitrogen and oxygen atoms in total. The van der Waals surface area contributed by atoms with E-state index >= 15 is 0 Å². The van der Waals surface area contributed by atoms with Crippen LogP contribution in [0.25, 0.3) is 0 Å². The Kier molecular flexibility index (Phi) is 6.55. The third kappa shape index (κ3) is 5.98. The predicted octanol–water partition coefficient (Wildman–Crippen LogP) is 2.95. The number of nitrogens with one attached hydrogen (secondary N) is 2. The molecular weight excluding hydrogens is 258 g/mol. The van der Waals surface area contributed by atoms with Gasteiger partial charge in [-0.25, -0.2) is 0 Å². The molecule has 0 aromatic heterocycles. The van der Waals surface area contributed by atoms with Gasteiger partial charge in [0.05, 0.1) is 11.6 Å².